The van der Waals surface area contributed by atoms with Gasteiger partial charge in [-0.15, -0.1) is 0 Å². The van der Waals surface area contributed by atoms with E-state index in [1.54, 1.807) is 4.31 Å². The fourth-order valence-electron chi connectivity index (χ4n) is 2.36. The van der Waals surface area contributed by atoms with Gasteiger partial charge < -0.3 is 10.6 Å². The van der Waals surface area contributed by atoms with Gasteiger partial charge in [0.05, 0.1) is 5.75 Å². The predicted octanol–water partition coefficient (Wildman–Crippen LogP) is 1.36. The Morgan fingerprint density at radius 2 is 1.83 bits per heavy atom. The van der Waals surface area contributed by atoms with Crippen molar-refractivity contribution >= 4 is 27.7 Å². The van der Waals surface area contributed by atoms with Crippen LogP contribution in [0.1, 0.15) is 33.6 Å². The van der Waals surface area contributed by atoms with Gasteiger partial charge in [-0.3, -0.25) is 4.99 Å². The summed E-state index contributed by atoms with van der Waals surface area (Å²) in [6, 6.07) is 0. The van der Waals surface area contributed by atoms with E-state index in [4.69, 9.17) is 0 Å². The van der Waals surface area contributed by atoms with Crippen LogP contribution in [0, 0.1) is 5.92 Å². The maximum Gasteiger partial charge on any atom is 0.215 e. The van der Waals surface area contributed by atoms with Crippen LogP contribution in [0.5, 0.6) is 0 Å². The van der Waals surface area contributed by atoms with E-state index < -0.39 is 10.0 Å². The van der Waals surface area contributed by atoms with Gasteiger partial charge in [-0.2, -0.15) is 11.8 Å². The number of hydrogen-bond acceptors (Lipinski definition) is 4. The molecule has 6 nitrogen and oxygen atoms in total. The molecule has 0 spiro atoms. The normalized spacial score (nSPS) is 17.5. The summed E-state index contributed by atoms with van der Waals surface area (Å²) in [5.41, 5.74) is 0. The second kappa shape index (κ2) is 11.1. The highest BCUT2D eigenvalue weighted by Gasteiger charge is 2.23. The minimum absolute atomic E-state index is 0.118. The molecule has 0 bridgehead atoms. The van der Waals surface area contributed by atoms with Gasteiger partial charge in [0.15, 0.2) is 5.96 Å². The van der Waals surface area contributed by atoms with E-state index in [0.29, 0.717) is 31.5 Å². The van der Waals surface area contributed by atoms with Crippen molar-refractivity contribution in [1.82, 2.24) is 14.9 Å². The Balaban J connectivity index is 2.46. The second-order valence-electron chi connectivity index (χ2n) is 5.66. The zero-order valence-corrected chi connectivity index (χ0v) is 16.3. The van der Waals surface area contributed by atoms with E-state index >= 15 is 0 Å². The molecule has 0 aliphatic carbocycles. The zero-order valence-electron chi connectivity index (χ0n) is 14.7. The van der Waals surface area contributed by atoms with Crippen LogP contribution in [0.3, 0.4) is 0 Å². The number of aliphatic imine (C=N–C) groups is 1. The molecule has 0 amide bonds. The molecule has 23 heavy (non-hydrogen) atoms. The highest BCUT2D eigenvalue weighted by Crippen LogP contribution is 2.13. The minimum Gasteiger partial charge on any atom is -0.357 e. The van der Waals surface area contributed by atoms with Crippen molar-refractivity contribution in [3.05, 3.63) is 0 Å². The second-order valence-corrected chi connectivity index (χ2v) is 8.97. The summed E-state index contributed by atoms with van der Waals surface area (Å²) < 4.78 is 26.2. The third kappa shape index (κ3) is 7.76. The summed E-state index contributed by atoms with van der Waals surface area (Å²) >= 11 is 1.81. The molecule has 0 atom stereocenters. The zero-order chi connectivity index (χ0) is 17.1. The van der Waals surface area contributed by atoms with E-state index in [0.717, 1.165) is 37.4 Å². The lowest BCUT2D eigenvalue weighted by atomic mass is 10.0. The Morgan fingerprint density at radius 1 is 1.17 bits per heavy atom. The fourth-order valence-corrected chi connectivity index (χ4v) is 4.85. The molecule has 1 saturated heterocycles. The van der Waals surface area contributed by atoms with Crippen molar-refractivity contribution in [2.75, 3.05) is 50.0 Å². The molecule has 0 radical (unpaired) electrons. The van der Waals surface area contributed by atoms with Gasteiger partial charge in [0.1, 0.15) is 0 Å². The van der Waals surface area contributed by atoms with E-state index in [2.05, 4.69) is 29.5 Å². The lowest BCUT2D eigenvalue weighted by Gasteiger charge is -2.25. The summed E-state index contributed by atoms with van der Waals surface area (Å²) in [6.45, 7) is 9.56. The first-order chi connectivity index (χ1) is 11.0. The van der Waals surface area contributed by atoms with Crippen LogP contribution in [0.4, 0.5) is 0 Å². The molecule has 0 aromatic heterocycles. The van der Waals surface area contributed by atoms with Gasteiger partial charge in [-0.25, -0.2) is 12.7 Å². The molecule has 1 heterocycles. The topological polar surface area (TPSA) is 73.8 Å². The third-order valence-corrected chi connectivity index (χ3v) is 6.84. The molecular weight excluding hydrogens is 332 g/mol. The van der Waals surface area contributed by atoms with E-state index in [1.807, 2.05) is 18.7 Å². The smallest absolute Gasteiger partial charge is 0.215 e. The fraction of sp³-hybridized carbons (Fsp3) is 0.933. The minimum atomic E-state index is -3.16. The van der Waals surface area contributed by atoms with Gasteiger partial charge in [0.2, 0.25) is 10.0 Å². The quantitative estimate of drug-likeness (QED) is 0.477. The highest BCUT2D eigenvalue weighted by atomic mass is 32.2. The van der Waals surface area contributed by atoms with Crippen LogP contribution in [-0.2, 0) is 10.0 Å². The van der Waals surface area contributed by atoms with Gasteiger partial charge >= 0.3 is 0 Å². The molecular formula is C15H32N4O2S2. The molecule has 136 valence electrons. The standard InChI is InChI=1S/C15H32N4O2S2/c1-4-14(5-2)13-18-15(16-6-3)17-7-12-23(20,21)19-8-10-22-11-9-19/h14H,4-13H2,1-3H3,(H2,16,17,18). The molecule has 1 aliphatic rings. The predicted molar refractivity (Wildman–Crippen MR) is 101 cm³/mol. The first-order valence-corrected chi connectivity index (χ1v) is 11.4. The summed E-state index contributed by atoms with van der Waals surface area (Å²) in [4.78, 5) is 4.57. The van der Waals surface area contributed by atoms with E-state index in [1.165, 1.54) is 0 Å². The Kier molecular flexibility index (Phi) is 9.97. The van der Waals surface area contributed by atoms with Gasteiger partial charge in [0.25, 0.3) is 0 Å². The van der Waals surface area contributed by atoms with Gasteiger partial charge in [-0.05, 0) is 12.8 Å². The molecule has 0 unspecified atom stereocenters. The monoisotopic (exact) mass is 364 g/mol. The molecule has 2 N–H and O–H groups in total. The number of nitrogens with one attached hydrogen (secondary N) is 2. The molecule has 0 aromatic carbocycles. The van der Waals surface area contributed by atoms with Gasteiger partial charge in [0, 0.05) is 44.2 Å². The Labute approximate surface area is 145 Å². The van der Waals surface area contributed by atoms with Crippen molar-refractivity contribution in [3.63, 3.8) is 0 Å². The van der Waals surface area contributed by atoms with Crippen molar-refractivity contribution in [2.24, 2.45) is 10.9 Å². The summed E-state index contributed by atoms with van der Waals surface area (Å²) in [5, 5.41) is 6.33. The van der Waals surface area contributed by atoms with Crippen molar-refractivity contribution in [2.45, 2.75) is 33.6 Å². The number of rotatable bonds is 9. The molecule has 0 saturated carbocycles. The van der Waals surface area contributed by atoms with Crippen molar-refractivity contribution in [3.8, 4) is 0 Å². The Hall–Kier alpha value is -0.470. The van der Waals surface area contributed by atoms with E-state index in [-0.39, 0.29) is 5.75 Å². The molecule has 1 rings (SSSR count). The first-order valence-electron chi connectivity index (χ1n) is 8.61. The number of thioether (sulfide) groups is 1. The van der Waals surface area contributed by atoms with Crippen molar-refractivity contribution in [1.29, 1.82) is 0 Å². The molecule has 1 fully saturated rings. The maximum atomic E-state index is 12.3. The maximum absolute atomic E-state index is 12.3. The number of guanidine groups is 1. The lowest BCUT2D eigenvalue weighted by molar-refractivity contribution is 0.443. The SMILES string of the molecule is CCNC(=NCC(CC)CC)NCCS(=O)(=O)N1CCSCC1. The Bertz CT molecular complexity index is 444. The summed E-state index contributed by atoms with van der Waals surface area (Å²) in [5.74, 6) is 3.20. The molecule has 8 heteroatoms. The number of nitrogens with zero attached hydrogens (tertiary/aromatic N) is 2. The van der Waals surface area contributed by atoms with Gasteiger partial charge in [-0.1, -0.05) is 26.7 Å². The average molecular weight is 365 g/mol. The molecule has 0 aromatic rings. The highest BCUT2D eigenvalue weighted by molar-refractivity contribution is 7.99. The van der Waals surface area contributed by atoms with Crippen LogP contribution in [0.25, 0.3) is 0 Å². The van der Waals surface area contributed by atoms with Crippen molar-refractivity contribution < 1.29 is 8.42 Å². The lowest BCUT2D eigenvalue weighted by Crippen LogP contribution is -2.44. The number of hydrogen-bond donors (Lipinski definition) is 2. The van der Waals surface area contributed by atoms with Crippen LogP contribution in [0.2, 0.25) is 0 Å². The van der Waals surface area contributed by atoms with Crippen LogP contribution in [-0.4, -0.2) is 68.7 Å². The first kappa shape index (κ1) is 20.6. The van der Waals surface area contributed by atoms with Crippen LogP contribution >= 0.6 is 11.8 Å². The van der Waals surface area contributed by atoms with E-state index in [9.17, 15) is 8.42 Å². The molecule has 1 aliphatic heterocycles. The average Bonchev–Trinajstić information content (AvgIpc) is 2.56. The van der Waals surface area contributed by atoms with Crippen LogP contribution < -0.4 is 10.6 Å². The Morgan fingerprint density at radius 3 is 2.39 bits per heavy atom. The summed E-state index contributed by atoms with van der Waals surface area (Å²) in [7, 11) is -3.16. The third-order valence-electron chi connectivity index (χ3n) is 4.02. The van der Waals surface area contributed by atoms with Crippen LogP contribution in [0.15, 0.2) is 4.99 Å². The summed E-state index contributed by atoms with van der Waals surface area (Å²) in [6.07, 6.45) is 2.22. The number of sulfonamides is 1. The largest absolute Gasteiger partial charge is 0.357 e.